The topological polar surface area (TPSA) is 63.3 Å². The molecule has 1 radical (unpaired) electrons. The van der Waals surface area contributed by atoms with Crippen molar-refractivity contribution in [2.24, 2.45) is 0 Å². The summed E-state index contributed by atoms with van der Waals surface area (Å²) in [5.41, 5.74) is 3.96. The minimum Gasteiger partial charge on any atom is -0.493 e. The van der Waals surface area contributed by atoms with Crippen LogP contribution in [0.3, 0.4) is 0 Å². The van der Waals surface area contributed by atoms with Crippen molar-refractivity contribution >= 4 is 5.65 Å². The van der Waals surface area contributed by atoms with E-state index in [1.165, 1.54) is 12.3 Å². The van der Waals surface area contributed by atoms with Gasteiger partial charge in [-0.1, -0.05) is 30.2 Å². The summed E-state index contributed by atoms with van der Waals surface area (Å²) in [5.74, 6) is 6.01. The molecule has 0 atom stereocenters. The summed E-state index contributed by atoms with van der Waals surface area (Å²) in [4.78, 5) is 8.12. The first kappa shape index (κ1) is 14.0. The fourth-order valence-corrected chi connectivity index (χ4v) is 2.27. The molecule has 1 aromatic carbocycles. The Hall–Kier alpha value is -3.65. The highest BCUT2D eigenvalue weighted by atomic mass is 16.3. The number of pyridine rings is 1. The van der Waals surface area contributed by atoms with E-state index in [1.807, 2.05) is 36.4 Å². The van der Waals surface area contributed by atoms with Gasteiger partial charge in [-0.2, -0.15) is 5.10 Å². The predicted octanol–water partition coefficient (Wildman–Crippen LogP) is 2.70. The standard InChI is InChI=1S/C19H11N4O/c24-19-11-7-14(12-21-19)6-8-16-13-20-18-10-9-17(22-23(16)18)15-4-2-1-3-5-15/h2-5,7,9-13H,(H,21,24). The van der Waals surface area contributed by atoms with Crippen LogP contribution in [-0.4, -0.2) is 24.7 Å². The monoisotopic (exact) mass is 311 g/mol. The zero-order valence-electron chi connectivity index (χ0n) is 12.5. The summed E-state index contributed by atoms with van der Waals surface area (Å²) >= 11 is 0. The molecular formula is C19H11N4O. The molecule has 0 aliphatic rings. The summed E-state index contributed by atoms with van der Waals surface area (Å²) in [6, 6.07) is 17.7. The highest BCUT2D eigenvalue weighted by Gasteiger charge is 2.05. The number of hydrogen-bond acceptors (Lipinski definition) is 4. The highest BCUT2D eigenvalue weighted by molar-refractivity contribution is 5.60. The number of hydrogen-bond donors (Lipinski definition) is 1. The molecule has 0 aliphatic carbocycles. The van der Waals surface area contributed by atoms with Gasteiger partial charge in [-0.3, -0.25) is 0 Å². The molecule has 5 heteroatoms. The maximum atomic E-state index is 9.20. The van der Waals surface area contributed by atoms with Crippen LogP contribution in [0.2, 0.25) is 0 Å². The van der Waals surface area contributed by atoms with Crippen molar-refractivity contribution in [3.8, 4) is 29.0 Å². The summed E-state index contributed by atoms with van der Waals surface area (Å²) in [5, 5.41) is 13.8. The second kappa shape index (κ2) is 5.86. The molecule has 0 fully saturated rings. The van der Waals surface area contributed by atoms with E-state index in [0.717, 1.165) is 16.9 Å². The first-order chi connectivity index (χ1) is 11.8. The van der Waals surface area contributed by atoms with Gasteiger partial charge < -0.3 is 5.11 Å². The number of imidazole rings is 1. The number of nitrogens with zero attached hydrogens (tertiary/aromatic N) is 4. The third-order valence-corrected chi connectivity index (χ3v) is 3.46. The SMILES string of the molecule is Oc1ccc(C#Cc2cnc3ccc(-c4cc[c]cc4)nn23)cn1. The smallest absolute Gasteiger partial charge is 0.210 e. The van der Waals surface area contributed by atoms with Crippen LogP contribution in [0.4, 0.5) is 0 Å². The van der Waals surface area contributed by atoms with Gasteiger partial charge in [0.15, 0.2) is 5.65 Å². The predicted molar refractivity (Wildman–Crippen MR) is 89.1 cm³/mol. The van der Waals surface area contributed by atoms with Crippen molar-refractivity contribution < 1.29 is 5.11 Å². The molecule has 0 saturated carbocycles. The van der Waals surface area contributed by atoms with Crippen LogP contribution in [0, 0.1) is 17.9 Å². The van der Waals surface area contributed by atoms with E-state index in [4.69, 9.17) is 0 Å². The Kier molecular flexibility index (Phi) is 3.41. The van der Waals surface area contributed by atoms with Crippen molar-refractivity contribution in [3.63, 3.8) is 0 Å². The van der Waals surface area contributed by atoms with Crippen molar-refractivity contribution in [2.45, 2.75) is 0 Å². The largest absolute Gasteiger partial charge is 0.493 e. The first-order valence-electron chi connectivity index (χ1n) is 7.28. The van der Waals surface area contributed by atoms with Crippen LogP contribution >= 0.6 is 0 Å². The average Bonchev–Trinajstić information content (AvgIpc) is 3.04. The van der Waals surface area contributed by atoms with Crippen molar-refractivity contribution in [2.75, 3.05) is 0 Å². The van der Waals surface area contributed by atoms with Crippen LogP contribution in [0.25, 0.3) is 16.9 Å². The van der Waals surface area contributed by atoms with E-state index in [-0.39, 0.29) is 5.88 Å². The van der Waals surface area contributed by atoms with Crippen molar-refractivity contribution in [1.82, 2.24) is 19.6 Å². The third kappa shape index (κ3) is 2.69. The van der Waals surface area contributed by atoms with Gasteiger partial charge in [-0.05, 0) is 30.2 Å². The Morgan fingerprint density at radius 3 is 2.58 bits per heavy atom. The molecule has 3 heterocycles. The number of benzene rings is 1. The van der Waals surface area contributed by atoms with Gasteiger partial charge in [0.2, 0.25) is 5.88 Å². The Balaban J connectivity index is 1.75. The Bertz CT molecular complexity index is 1060. The highest BCUT2D eigenvalue weighted by Crippen LogP contribution is 2.17. The molecule has 3 aromatic heterocycles. The molecule has 1 N–H and O–H groups in total. The maximum Gasteiger partial charge on any atom is 0.210 e. The summed E-state index contributed by atoms with van der Waals surface area (Å²) < 4.78 is 1.72. The van der Waals surface area contributed by atoms with Crippen molar-refractivity contribution in [3.05, 3.63) is 78.2 Å². The van der Waals surface area contributed by atoms with Crippen LogP contribution in [0.5, 0.6) is 5.88 Å². The Morgan fingerprint density at radius 2 is 1.79 bits per heavy atom. The molecule has 5 nitrogen and oxygen atoms in total. The Morgan fingerprint density at radius 1 is 0.917 bits per heavy atom. The van der Waals surface area contributed by atoms with Gasteiger partial charge in [0.05, 0.1) is 11.9 Å². The van der Waals surface area contributed by atoms with Crippen LogP contribution in [-0.2, 0) is 0 Å². The van der Waals surface area contributed by atoms with Crippen LogP contribution < -0.4 is 0 Å². The lowest BCUT2D eigenvalue weighted by atomic mass is 10.1. The second-order valence-corrected chi connectivity index (χ2v) is 5.08. The molecule has 113 valence electrons. The summed E-state index contributed by atoms with van der Waals surface area (Å²) in [7, 11) is 0. The van der Waals surface area contributed by atoms with E-state index in [0.29, 0.717) is 11.3 Å². The van der Waals surface area contributed by atoms with E-state index < -0.39 is 0 Å². The van der Waals surface area contributed by atoms with Gasteiger partial charge in [-0.15, -0.1) is 0 Å². The van der Waals surface area contributed by atoms with Crippen LogP contribution in [0.15, 0.2) is 60.9 Å². The fraction of sp³-hybridized carbons (Fsp3) is 0. The van der Waals surface area contributed by atoms with E-state index >= 15 is 0 Å². The quantitative estimate of drug-likeness (QED) is 0.549. The molecule has 24 heavy (non-hydrogen) atoms. The van der Waals surface area contributed by atoms with E-state index in [2.05, 4.69) is 33.0 Å². The molecule has 4 rings (SSSR count). The molecule has 4 aromatic rings. The minimum atomic E-state index is -0.0261. The lowest BCUT2D eigenvalue weighted by molar-refractivity contribution is 0.453. The van der Waals surface area contributed by atoms with E-state index in [9.17, 15) is 5.11 Å². The third-order valence-electron chi connectivity index (χ3n) is 3.46. The molecular weight excluding hydrogens is 300 g/mol. The summed E-state index contributed by atoms with van der Waals surface area (Å²) in [6.45, 7) is 0. The minimum absolute atomic E-state index is 0.0261. The average molecular weight is 311 g/mol. The summed E-state index contributed by atoms with van der Waals surface area (Å²) in [6.07, 6.45) is 3.20. The molecule has 0 spiro atoms. The zero-order chi connectivity index (χ0) is 16.4. The first-order valence-corrected chi connectivity index (χ1v) is 7.28. The Labute approximate surface area is 138 Å². The molecule has 0 bridgehead atoms. The number of aromatic hydroxyl groups is 1. The molecule has 0 unspecified atom stereocenters. The fourth-order valence-electron chi connectivity index (χ4n) is 2.27. The van der Waals surface area contributed by atoms with Gasteiger partial charge in [-0.25, -0.2) is 14.5 Å². The van der Waals surface area contributed by atoms with Gasteiger partial charge in [0.1, 0.15) is 5.69 Å². The molecule has 0 aliphatic heterocycles. The lowest BCUT2D eigenvalue weighted by Crippen LogP contribution is -1.96. The van der Waals surface area contributed by atoms with Gasteiger partial charge in [0, 0.05) is 23.4 Å². The van der Waals surface area contributed by atoms with Gasteiger partial charge in [0.25, 0.3) is 0 Å². The number of aromatic nitrogens is 4. The number of rotatable bonds is 1. The van der Waals surface area contributed by atoms with Gasteiger partial charge >= 0.3 is 0 Å². The maximum absolute atomic E-state index is 9.20. The lowest BCUT2D eigenvalue weighted by Gasteiger charge is -2.01. The number of fused-ring (bicyclic) bond motifs is 1. The van der Waals surface area contributed by atoms with Crippen molar-refractivity contribution in [1.29, 1.82) is 0 Å². The van der Waals surface area contributed by atoms with E-state index in [1.54, 1.807) is 16.8 Å². The second-order valence-electron chi connectivity index (χ2n) is 5.08. The zero-order valence-corrected chi connectivity index (χ0v) is 12.5. The molecule has 0 saturated heterocycles. The molecule has 0 amide bonds. The van der Waals surface area contributed by atoms with Crippen LogP contribution in [0.1, 0.15) is 11.3 Å². The normalized spacial score (nSPS) is 10.3.